The van der Waals surface area contributed by atoms with Crippen LogP contribution >= 0.6 is 0 Å². The van der Waals surface area contributed by atoms with Crippen LogP contribution < -0.4 is 16.0 Å². The van der Waals surface area contributed by atoms with Gasteiger partial charge in [-0.15, -0.1) is 0 Å². The molecule has 142 valence electrons. The first-order valence-corrected chi connectivity index (χ1v) is 9.13. The van der Waals surface area contributed by atoms with E-state index in [1.165, 1.54) is 18.5 Å². The maximum absolute atomic E-state index is 14.6. The van der Waals surface area contributed by atoms with Crippen LogP contribution in [0.1, 0.15) is 12.0 Å². The predicted molar refractivity (Wildman–Crippen MR) is 99.6 cm³/mol. The molecule has 4 rings (SSSR count). The van der Waals surface area contributed by atoms with Crippen molar-refractivity contribution in [1.82, 2.24) is 30.8 Å². The molecule has 3 heterocycles. The number of rotatable bonds is 4. The molecule has 1 saturated heterocycles. The van der Waals surface area contributed by atoms with Crippen LogP contribution in [0.2, 0.25) is 0 Å². The van der Waals surface area contributed by atoms with E-state index in [2.05, 4.69) is 30.8 Å². The summed E-state index contributed by atoms with van der Waals surface area (Å²) in [5.74, 6) is -0.592. The molecule has 0 spiro atoms. The zero-order valence-electron chi connectivity index (χ0n) is 14.9. The smallest absolute Gasteiger partial charge is 0.151 e. The van der Waals surface area contributed by atoms with Gasteiger partial charge in [-0.3, -0.25) is 4.98 Å². The van der Waals surface area contributed by atoms with Crippen LogP contribution in [0.15, 0.2) is 47.9 Å². The van der Waals surface area contributed by atoms with Crippen molar-refractivity contribution < 1.29 is 8.78 Å². The second-order valence-corrected chi connectivity index (χ2v) is 6.64. The number of fused-ring (bicyclic) bond motifs is 1. The van der Waals surface area contributed by atoms with Crippen LogP contribution in [0.4, 0.5) is 8.78 Å². The molecule has 0 bridgehead atoms. The zero-order chi connectivity index (χ0) is 18.6. The van der Waals surface area contributed by atoms with Crippen molar-refractivity contribution in [3.8, 4) is 0 Å². The molecule has 8 heteroatoms. The van der Waals surface area contributed by atoms with Gasteiger partial charge in [0, 0.05) is 44.8 Å². The molecule has 1 aromatic heterocycles. The molecule has 1 aromatic carbocycles. The van der Waals surface area contributed by atoms with Crippen molar-refractivity contribution in [1.29, 1.82) is 0 Å². The molecular formula is C19H22F2N6. The van der Waals surface area contributed by atoms with E-state index in [9.17, 15) is 8.78 Å². The maximum atomic E-state index is 14.6. The molecule has 0 radical (unpaired) electrons. The molecule has 0 amide bonds. The first-order valence-electron chi connectivity index (χ1n) is 9.13. The molecule has 2 aliphatic rings. The van der Waals surface area contributed by atoms with Crippen LogP contribution in [-0.2, 0) is 6.54 Å². The van der Waals surface area contributed by atoms with Gasteiger partial charge in [0.15, 0.2) is 5.82 Å². The number of hydrogen-bond acceptors (Lipinski definition) is 6. The van der Waals surface area contributed by atoms with Gasteiger partial charge >= 0.3 is 0 Å². The Balaban J connectivity index is 1.53. The van der Waals surface area contributed by atoms with E-state index in [0.29, 0.717) is 23.5 Å². The van der Waals surface area contributed by atoms with Gasteiger partial charge in [-0.05, 0) is 30.7 Å². The average Bonchev–Trinajstić information content (AvgIpc) is 2.96. The fourth-order valence-electron chi connectivity index (χ4n) is 3.47. The Labute approximate surface area is 156 Å². The fraction of sp³-hybridized carbons (Fsp3) is 0.368. The summed E-state index contributed by atoms with van der Waals surface area (Å²) >= 11 is 0. The van der Waals surface area contributed by atoms with E-state index in [1.54, 1.807) is 12.3 Å². The second kappa shape index (κ2) is 7.87. The lowest BCUT2D eigenvalue weighted by atomic mass is 10.1. The second-order valence-electron chi connectivity index (χ2n) is 6.64. The summed E-state index contributed by atoms with van der Waals surface area (Å²) in [7, 11) is 0. The van der Waals surface area contributed by atoms with E-state index in [1.807, 2.05) is 0 Å². The summed E-state index contributed by atoms with van der Waals surface area (Å²) in [4.78, 5) is 10.3. The van der Waals surface area contributed by atoms with Crippen molar-refractivity contribution in [3.63, 3.8) is 0 Å². The number of halogens is 2. The van der Waals surface area contributed by atoms with Crippen molar-refractivity contribution in [3.05, 3.63) is 59.3 Å². The SMILES string of the molecule is FC1=C(N2CCCNCC2)C(NCc2cc(F)c3nccnc3c2)=CNC1. The number of benzene rings is 1. The van der Waals surface area contributed by atoms with Gasteiger partial charge in [-0.1, -0.05) is 0 Å². The van der Waals surface area contributed by atoms with E-state index in [0.717, 1.165) is 38.2 Å². The minimum atomic E-state index is -0.409. The Morgan fingerprint density at radius 3 is 2.93 bits per heavy atom. The number of aromatic nitrogens is 2. The molecule has 2 aliphatic heterocycles. The summed E-state index contributed by atoms with van der Waals surface area (Å²) < 4.78 is 28.9. The largest absolute Gasteiger partial charge is 0.383 e. The Kier molecular flexibility index (Phi) is 5.15. The van der Waals surface area contributed by atoms with Crippen LogP contribution in [0.5, 0.6) is 0 Å². The monoisotopic (exact) mass is 372 g/mol. The van der Waals surface area contributed by atoms with Gasteiger partial charge in [0.25, 0.3) is 0 Å². The Bertz CT molecular complexity index is 887. The number of dihydropyridines is 1. The van der Waals surface area contributed by atoms with E-state index in [4.69, 9.17) is 0 Å². The van der Waals surface area contributed by atoms with E-state index in [-0.39, 0.29) is 17.9 Å². The van der Waals surface area contributed by atoms with Crippen LogP contribution in [0.25, 0.3) is 11.0 Å². The van der Waals surface area contributed by atoms with Crippen molar-refractivity contribution in [2.45, 2.75) is 13.0 Å². The molecule has 3 N–H and O–H groups in total. The highest BCUT2D eigenvalue weighted by Gasteiger charge is 2.23. The van der Waals surface area contributed by atoms with Gasteiger partial charge in [-0.25, -0.2) is 13.8 Å². The summed E-state index contributed by atoms with van der Waals surface area (Å²) in [6.07, 6.45) is 5.76. The quantitative estimate of drug-likeness (QED) is 0.761. The van der Waals surface area contributed by atoms with Gasteiger partial charge < -0.3 is 20.9 Å². The summed E-state index contributed by atoms with van der Waals surface area (Å²) in [6, 6.07) is 3.24. The fourth-order valence-corrected chi connectivity index (χ4v) is 3.47. The molecule has 6 nitrogen and oxygen atoms in total. The van der Waals surface area contributed by atoms with Crippen LogP contribution in [0.3, 0.4) is 0 Å². The highest BCUT2D eigenvalue weighted by Crippen LogP contribution is 2.23. The topological polar surface area (TPSA) is 65.1 Å². The normalized spacial score (nSPS) is 18.1. The molecule has 27 heavy (non-hydrogen) atoms. The number of nitrogens with one attached hydrogen (secondary N) is 3. The Morgan fingerprint density at radius 2 is 2.00 bits per heavy atom. The van der Waals surface area contributed by atoms with Crippen molar-refractivity contribution >= 4 is 11.0 Å². The Morgan fingerprint density at radius 1 is 1.11 bits per heavy atom. The zero-order valence-corrected chi connectivity index (χ0v) is 14.9. The van der Waals surface area contributed by atoms with Gasteiger partial charge in [0.1, 0.15) is 11.3 Å². The molecule has 0 saturated carbocycles. The molecule has 0 atom stereocenters. The van der Waals surface area contributed by atoms with Gasteiger partial charge in [0.05, 0.1) is 23.5 Å². The predicted octanol–water partition coefficient (Wildman–Crippen LogP) is 1.78. The Hall–Kier alpha value is -2.74. The minimum Gasteiger partial charge on any atom is -0.383 e. The van der Waals surface area contributed by atoms with Crippen LogP contribution in [-0.4, -0.2) is 47.6 Å². The first kappa shape index (κ1) is 17.7. The summed E-state index contributed by atoms with van der Waals surface area (Å²) in [6.45, 7) is 3.86. The minimum absolute atomic E-state index is 0.183. The van der Waals surface area contributed by atoms with E-state index < -0.39 is 5.82 Å². The highest BCUT2D eigenvalue weighted by atomic mass is 19.1. The lowest BCUT2D eigenvalue weighted by Crippen LogP contribution is -2.36. The molecule has 1 fully saturated rings. The number of hydrogen-bond donors (Lipinski definition) is 3. The molecule has 0 aliphatic carbocycles. The molecular weight excluding hydrogens is 350 g/mol. The van der Waals surface area contributed by atoms with Crippen LogP contribution in [0, 0.1) is 5.82 Å². The lowest BCUT2D eigenvalue weighted by molar-refractivity contribution is 0.346. The highest BCUT2D eigenvalue weighted by molar-refractivity contribution is 5.75. The average molecular weight is 372 g/mol. The van der Waals surface area contributed by atoms with Gasteiger partial charge in [-0.2, -0.15) is 0 Å². The summed E-state index contributed by atoms with van der Waals surface area (Å²) in [5.41, 5.74) is 2.76. The van der Waals surface area contributed by atoms with Gasteiger partial charge in [0.2, 0.25) is 0 Å². The third-order valence-corrected chi connectivity index (χ3v) is 4.74. The molecule has 2 aromatic rings. The third-order valence-electron chi connectivity index (χ3n) is 4.74. The third kappa shape index (κ3) is 3.85. The maximum Gasteiger partial charge on any atom is 0.151 e. The first-order chi connectivity index (χ1) is 13.2. The summed E-state index contributed by atoms with van der Waals surface area (Å²) in [5, 5.41) is 9.53. The standard InChI is InChI=1S/C19H22F2N6/c20-14-8-13(9-16-18(14)25-4-3-24-16)10-26-17-12-23-11-15(21)19(17)27-6-1-2-22-5-7-27/h3-4,8-9,12,22-23,26H,1-2,5-7,10-11H2. The number of nitrogens with zero attached hydrogens (tertiary/aromatic N) is 3. The molecule has 0 unspecified atom stereocenters. The van der Waals surface area contributed by atoms with Crippen molar-refractivity contribution in [2.24, 2.45) is 0 Å². The van der Waals surface area contributed by atoms with Crippen molar-refractivity contribution in [2.75, 3.05) is 32.7 Å². The lowest BCUT2D eigenvalue weighted by Gasteiger charge is -2.30. The van der Waals surface area contributed by atoms with E-state index >= 15 is 0 Å².